The van der Waals surface area contributed by atoms with Gasteiger partial charge in [-0.1, -0.05) is 32.0 Å². The number of methoxy groups -OCH3 is 1. The number of hydrogen-bond donors (Lipinski definition) is 2. The first-order valence-electron chi connectivity index (χ1n) is 9.11. The van der Waals surface area contributed by atoms with E-state index in [9.17, 15) is 8.42 Å². The highest BCUT2D eigenvalue weighted by molar-refractivity contribution is 7.89. The highest BCUT2D eigenvalue weighted by atomic mass is 32.2. The topological polar surface area (TPSA) is 93.5 Å². The van der Waals surface area contributed by atoms with Crippen LogP contribution in [0.1, 0.15) is 30.9 Å². The molecule has 3 aromatic rings. The van der Waals surface area contributed by atoms with Crippen molar-refractivity contribution in [1.82, 2.24) is 9.71 Å². The quantitative estimate of drug-likeness (QED) is 0.531. The Labute approximate surface area is 165 Å². The first-order chi connectivity index (χ1) is 13.4. The van der Waals surface area contributed by atoms with Gasteiger partial charge in [0, 0.05) is 20.2 Å². The van der Waals surface area contributed by atoms with Crippen LogP contribution in [-0.4, -0.2) is 33.7 Å². The van der Waals surface area contributed by atoms with Gasteiger partial charge in [0.15, 0.2) is 5.58 Å². The zero-order valence-corrected chi connectivity index (χ0v) is 17.0. The number of nitrogens with one attached hydrogen (secondary N) is 2. The summed E-state index contributed by atoms with van der Waals surface area (Å²) in [7, 11) is -2.00. The van der Waals surface area contributed by atoms with Crippen molar-refractivity contribution in [1.29, 1.82) is 0 Å². The van der Waals surface area contributed by atoms with E-state index in [1.165, 1.54) is 12.7 Å². The van der Waals surface area contributed by atoms with Crippen molar-refractivity contribution >= 4 is 27.1 Å². The average molecular weight is 404 g/mol. The molecular weight excluding hydrogens is 378 g/mol. The Bertz CT molecular complexity index is 1030. The fourth-order valence-corrected chi connectivity index (χ4v) is 3.72. The number of sulfonamides is 1. The molecule has 1 aromatic heterocycles. The maximum absolute atomic E-state index is 12.2. The van der Waals surface area contributed by atoms with Gasteiger partial charge in [-0.15, -0.1) is 0 Å². The molecule has 2 N–H and O–H groups in total. The second-order valence-electron chi connectivity index (χ2n) is 6.79. The third-order valence-corrected chi connectivity index (χ3v) is 5.83. The Kier molecular flexibility index (Phi) is 6.33. The SMILES string of the molecule is COCCNS(=O)(=O)c1ccc(CNc2nc3cc(C(C)C)ccc3o2)cc1. The highest BCUT2D eigenvalue weighted by Crippen LogP contribution is 2.24. The lowest BCUT2D eigenvalue weighted by Gasteiger charge is -2.07. The van der Waals surface area contributed by atoms with Crippen molar-refractivity contribution in [2.24, 2.45) is 0 Å². The molecule has 0 saturated heterocycles. The van der Waals surface area contributed by atoms with Gasteiger partial charge in [-0.2, -0.15) is 4.98 Å². The lowest BCUT2D eigenvalue weighted by Crippen LogP contribution is -2.27. The molecule has 150 valence electrons. The summed E-state index contributed by atoms with van der Waals surface area (Å²) in [5.74, 6) is 0.427. The van der Waals surface area contributed by atoms with Crippen LogP contribution in [-0.2, 0) is 21.3 Å². The van der Waals surface area contributed by atoms with Crippen LogP contribution in [0.3, 0.4) is 0 Å². The lowest BCUT2D eigenvalue weighted by molar-refractivity contribution is 0.204. The maximum atomic E-state index is 12.2. The summed E-state index contributed by atoms with van der Waals surface area (Å²) in [6.07, 6.45) is 0. The smallest absolute Gasteiger partial charge is 0.295 e. The Morgan fingerprint density at radius 1 is 1.14 bits per heavy atom. The standard InChI is InChI=1S/C20H25N3O4S/c1-14(2)16-6-9-19-18(12-16)23-20(27-19)21-13-15-4-7-17(8-5-15)28(24,25)22-10-11-26-3/h4-9,12,14,22H,10-11,13H2,1-3H3,(H,21,23). The van der Waals surface area contributed by atoms with E-state index in [2.05, 4.69) is 28.9 Å². The number of fused-ring (bicyclic) bond motifs is 1. The molecule has 28 heavy (non-hydrogen) atoms. The number of nitrogens with zero attached hydrogens (tertiary/aromatic N) is 1. The molecule has 0 atom stereocenters. The fourth-order valence-electron chi connectivity index (χ4n) is 2.70. The minimum Gasteiger partial charge on any atom is -0.424 e. The van der Waals surface area contributed by atoms with Gasteiger partial charge in [0.1, 0.15) is 5.52 Å². The van der Waals surface area contributed by atoms with Crippen LogP contribution in [0.2, 0.25) is 0 Å². The van der Waals surface area contributed by atoms with Crippen molar-refractivity contribution < 1.29 is 17.6 Å². The number of anilines is 1. The molecule has 0 radical (unpaired) electrons. The highest BCUT2D eigenvalue weighted by Gasteiger charge is 2.13. The number of ether oxygens (including phenoxy) is 1. The third kappa shape index (κ3) is 4.89. The van der Waals surface area contributed by atoms with E-state index in [1.807, 2.05) is 18.2 Å². The van der Waals surface area contributed by atoms with Crippen LogP contribution in [0.25, 0.3) is 11.1 Å². The number of rotatable bonds is 9. The number of aromatic nitrogens is 1. The summed E-state index contributed by atoms with van der Waals surface area (Å²) in [6, 6.07) is 13.1. The van der Waals surface area contributed by atoms with E-state index in [-0.39, 0.29) is 11.4 Å². The molecule has 0 amide bonds. The molecular formula is C20H25N3O4S. The van der Waals surface area contributed by atoms with Crippen molar-refractivity contribution in [3.05, 3.63) is 53.6 Å². The normalized spacial score (nSPS) is 12.0. The van der Waals surface area contributed by atoms with Crippen LogP contribution in [0.5, 0.6) is 0 Å². The summed E-state index contributed by atoms with van der Waals surface area (Å²) in [6.45, 7) is 5.30. The van der Waals surface area contributed by atoms with E-state index >= 15 is 0 Å². The molecule has 7 nitrogen and oxygen atoms in total. The minimum absolute atomic E-state index is 0.218. The van der Waals surface area contributed by atoms with Crippen molar-refractivity contribution in [2.75, 3.05) is 25.6 Å². The van der Waals surface area contributed by atoms with Crippen molar-refractivity contribution in [3.63, 3.8) is 0 Å². The molecule has 1 heterocycles. The van der Waals surface area contributed by atoms with Gasteiger partial charge in [-0.25, -0.2) is 13.1 Å². The molecule has 0 unspecified atom stereocenters. The van der Waals surface area contributed by atoms with E-state index < -0.39 is 10.0 Å². The summed E-state index contributed by atoms with van der Waals surface area (Å²) in [4.78, 5) is 4.69. The summed E-state index contributed by atoms with van der Waals surface area (Å²) < 4.78 is 37.4. The second-order valence-corrected chi connectivity index (χ2v) is 8.56. The minimum atomic E-state index is -3.53. The zero-order chi connectivity index (χ0) is 20.1. The Hall–Kier alpha value is -2.42. The molecule has 0 aliphatic rings. The lowest BCUT2D eigenvalue weighted by atomic mass is 10.0. The molecule has 0 bridgehead atoms. The monoisotopic (exact) mass is 403 g/mol. The van der Waals surface area contributed by atoms with Gasteiger partial charge in [0.05, 0.1) is 11.5 Å². The average Bonchev–Trinajstić information content (AvgIpc) is 3.09. The van der Waals surface area contributed by atoms with Crippen LogP contribution < -0.4 is 10.0 Å². The Balaban J connectivity index is 1.64. The van der Waals surface area contributed by atoms with Crippen LogP contribution in [0, 0.1) is 0 Å². The summed E-state index contributed by atoms with van der Waals surface area (Å²) in [5, 5.41) is 3.14. The van der Waals surface area contributed by atoms with E-state index in [0.717, 1.165) is 16.7 Å². The van der Waals surface area contributed by atoms with Crippen LogP contribution in [0.15, 0.2) is 51.8 Å². The van der Waals surface area contributed by atoms with Crippen LogP contribution in [0.4, 0.5) is 6.01 Å². The maximum Gasteiger partial charge on any atom is 0.295 e. The summed E-state index contributed by atoms with van der Waals surface area (Å²) >= 11 is 0. The molecule has 0 spiro atoms. The second kappa shape index (κ2) is 8.72. The molecule has 0 aliphatic carbocycles. The first-order valence-corrected chi connectivity index (χ1v) is 10.6. The van der Waals surface area contributed by atoms with Gasteiger partial charge < -0.3 is 14.5 Å². The van der Waals surface area contributed by atoms with Gasteiger partial charge in [0.25, 0.3) is 6.01 Å². The predicted molar refractivity (Wildman–Crippen MR) is 109 cm³/mol. The van der Waals surface area contributed by atoms with Gasteiger partial charge in [-0.3, -0.25) is 0 Å². The van der Waals surface area contributed by atoms with Crippen molar-refractivity contribution in [2.45, 2.75) is 31.2 Å². The Morgan fingerprint density at radius 2 is 1.89 bits per heavy atom. The summed E-state index contributed by atoms with van der Waals surface area (Å²) in [5.41, 5.74) is 3.68. The number of oxazole rings is 1. The zero-order valence-electron chi connectivity index (χ0n) is 16.2. The van der Waals surface area contributed by atoms with Gasteiger partial charge >= 0.3 is 0 Å². The number of hydrogen-bond acceptors (Lipinski definition) is 6. The van der Waals surface area contributed by atoms with E-state index in [1.54, 1.807) is 24.3 Å². The Morgan fingerprint density at radius 3 is 2.57 bits per heavy atom. The molecule has 3 rings (SSSR count). The third-order valence-electron chi connectivity index (χ3n) is 4.35. The van der Waals surface area contributed by atoms with Gasteiger partial charge in [-0.05, 0) is 41.3 Å². The predicted octanol–water partition coefficient (Wildman–Crippen LogP) is 3.49. The first kappa shape index (κ1) is 20.3. The van der Waals surface area contributed by atoms with E-state index in [0.29, 0.717) is 25.1 Å². The fraction of sp³-hybridized carbons (Fsp3) is 0.350. The molecule has 2 aromatic carbocycles. The molecule has 0 saturated carbocycles. The number of benzene rings is 2. The van der Waals surface area contributed by atoms with Crippen LogP contribution >= 0.6 is 0 Å². The molecule has 0 fully saturated rings. The molecule has 8 heteroatoms. The van der Waals surface area contributed by atoms with Gasteiger partial charge in [0.2, 0.25) is 10.0 Å². The largest absolute Gasteiger partial charge is 0.424 e. The van der Waals surface area contributed by atoms with Crippen molar-refractivity contribution in [3.8, 4) is 0 Å². The van der Waals surface area contributed by atoms with E-state index in [4.69, 9.17) is 9.15 Å². The molecule has 0 aliphatic heterocycles.